The van der Waals surface area contributed by atoms with E-state index in [9.17, 15) is 0 Å². The van der Waals surface area contributed by atoms with Crippen molar-refractivity contribution < 1.29 is 9.47 Å². The molecule has 3 aliphatic heterocycles. The van der Waals surface area contributed by atoms with E-state index in [1.165, 1.54) is 11.1 Å². The maximum absolute atomic E-state index is 6.41. The first-order valence-corrected chi connectivity index (χ1v) is 11.2. The molecule has 4 heterocycles. The number of anilines is 3. The summed E-state index contributed by atoms with van der Waals surface area (Å²) in [5.41, 5.74) is 8.56. The number of benzene rings is 1. The van der Waals surface area contributed by atoms with Crippen LogP contribution in [-0.4, -0.2) is 74.9 Å². The predicted octanol–water partition coefficient (Wildman–Crippen LogP) is 1.89. The number of likely N-dealkylation sites (N-methyl/N-ethyl adjacent to an activating group) is 1. The third kappa shape index (κ3) is 3.90. The van der Waals surface area contributed by atoms with Crippen molar-refractivity contribution in [2.75, 3.05) is 75.6 Å². The first-order chi connectivity index (χ1) is 15.1. The maximum atomic E-state index is 6.41. The summed E-state index contributed by atoms with van der Waals surface area (Å²) in [4.78, 5) is 16.1. The molecule has 0 amide bonds. The highest BCUT2D eigenvalue weighted by Crippen LogP contribution is 2.43. The van der Waals surface area contributed by atoms with Crippen molar-refractivity contribution in [3.05, 3.63) is 35.4 Å². The molecule has 0 bridgehead atoms. The highest BCUT2D eigenvalue weighted by molar-refractivity contribution is 5.55. The number of ether oxygens (including phenoxy) is 2. The fourth-order valence-electron chi connectivity index (χ4n) is 5.09. The summed E-state index contributed by atoms with van der Waals surface area (Å²) < 4.78 is 11.8. The van der Waals surface area contributed by atoms with Gasteiger partial charge < -0.3 is 29.9 Å². The van der Waals surface area contributed by atoms with Gasteiger partial charge in [-0.2, -0.15) is 9.97 Å². The van der Waals surface area contributed by atoms with E-state index in [1.807, 2.05) is 0 Å². The van der Waals surface area contributed by atoms with Crippen molar-refractivity contribution >= 4 is 17.6 Å². The Morgan fingerprint density at radius 1 is 0.968 bits per heavy atom. The molecule has 8 heteroatoms. The number of fused-ring (bicyclic) bond motifs is 2. The number of piperidine rings is 1. The van der Waals surface area contributed by atoms with Crippen LogP contribution >= 0.6 is 0 Å². The van der Waals surface area contributed by atoms with Crippen molar-refractivity contribution in [3.8, 4) is 5.75 Å². The minimum atomic E-state index is -0.213. The maximum Gasteiger partial charge on any atom is 0.223 e. The van der Waals surface area contributed by atoms with Crippen LogP contribution in [0.25, 0.3) is 0 Å². The lowest BCUT2D eigenvalue weighted by Crippen LogP contribution is -2.47. The van der Waals surface area contributed by atoms with Crippen LogP contribution in [0.3, 0.4) is 0 Å². The number of piperazine rings is 1. The van der Waals surface area contributed by atoms with Crippen molar-refractivity contribution in [3.63, 3.8) is 0 Å². The third-order valence-electron chi connectivity index (χ3n) is 6.99. The van der Waals surface area contributed by atoms with Gasteiger partial charge in [0.1, 0.15) is 17.4 Å². The Hall–Kier alpha value is -2.58. The number of hydrogen-bond acceptors (Lipinski definition) is 8. The van der Waals surface area contributed by atoms with Crippen LogP contribution in [0.2, 0.25) is 0 Å². The van der Waals surface area contributed by atoms with Gasteiger partial charge in [-0.1, -0.05) is 6.07 Å². The van der Waals surface area contributed by atoms with Crippen molar-refractivity contribution in [2.45, 2.75) is 24.9 Å². The van der Waals surface area contributed by atoms with Crippen molar-refractivity contribution in [1.29, 1.82) is 0 Å². The number of rotatable bonds is 3. The molecule has 0 unspecified atom stereocenters. The first kappa shape index (κ1) is 20.3. The van der Waals surface area contributed by atoms with Crippen LogP contribution in [0.5, 0.6) is 5.75 Å². The predicted molar refractivity (Wildman–Crippen MR) is 122 cm³/mol. The second-order valence-electron chi connectivity index (χ2n) is 8.84. The van der Waals surface area contributed by atoms with Gasteiger partial charge in [-0.25, -0.2) is 0 Å². The van der Waals surface area contributed by atoms with Crippen LogP contribution < -0.4 is 20.3 Å². The molecule has 2 fully saturated rings. The van der Waals surface area contributed by atoms with Gasteiger partial charge in [-0.05, 0) is 49.6 Å². The molecule has 1 aromatic carbocycles. The molecule has 2 aromatic rings. The zero-order valence-corrected chi connectivity index (χ0v) is 18.5. The SMILES string of the molecule is COc1ccc2c(c1)CCOC21CCN(c2cc(N3CCN(C)CC3)nc(N)n2)CC1. The number of hydrogen-bond donors (Lipinski definition) is 1. The van der Waals surface area contributed by atoms with Gasteiger partial charge in [-0.15, -0.1) is 0 Å². The summed E-state index contributed by atoms with van der Waals surface area (Å²) in [5.74, 6) is 3.11. The molecule has 3 aliphatic rings. The molecule has 0 aliphatic carbocycles. The smallest absolute Gasteiger partial charge is 0.223 e. The minimum Gasteiger partial charge on any atom is -0.497 e. The van der Waals surface area contributed by atoms with E-state index < -0.39 is 0 Å². The van der Waals surface area contributed by atoms with E-state index >= 15 is 0 Å². The fraction of sp³-hybridized carbons (Fsp3) is 0.565. The van der Waals surface area contributed by atoms with E-state index in [1.54, 1.807) is 7.11 Å². The molecule has 0 radical (unpaired) electrons. The molecule has 0 atom stereocenters. The van der Waals surface area contributed by atoms with Gasteiger partial charge >= 0.3 is 0 Å². The molecule has 31 heavy (non-hydrogen) atoms. The van der Waals surface area contributed by atoms with E-state index in [-0.39, 0.29) is 5.60 Å². The van der Waals surface area contributed by atoms with Gasteiger partial charge in [0.15, 0.2) is 0 Å². The quantitative estimate of drug-likeness (QED) is 0.800. The second kappa shape index (κ2) is 8.16. The van der Waals surface area contributed by atoms with E-state index in [2.05, 4.69) is 56.0 Å². The van der Waals surface area contributed by atoms with Crippen LogP contribution in [0.1, 0.15) is 24.0 Å². The summed E-state index contributed by atoms with van der Waals surface area (Å²) in [6.07, 6.45) is 2.80. The lowest BCUT2D eigenvalue weighted by Gasteiger charge is -2.45. The van der Waals surface area contributed by atoms with Crippen molar-refractivity contribution in [2.24, 2.45) is 0 Å². The summed E-state index contributed by atoms with van der Waals surface area (Å²) in [6.45, 7) is 6.51. The Balaban J connectivity index is 1.34. The molecule has 5 rings (SSSR count). The molecular formula is C23H32N6O2. The second-order valence-corrected chi connectivity index (χ2v) is 8.84. The van der Waals surface area contributed by atoms with Crippen molar-refractivity contribution in [1.82, 2.24) is 14.9 Å². The Labute approximate surface area is 184 Å². The van der Waals surface area contributed by atoms with Gasteiger partial charge in [0.25, 0.3) is 0 Å². The standard InChI is InChI=1S/C23H32N6O2/c1-27-10-12-29(13-11-27)21-16-20(25-22(24)26-21)28-8-6-23(7-9-28)19-4-3-18(30-2)15-17(19)5-14-31-23/h3-4,15-16H,5-14H2,1-2H3,(H2,24,25,26). The molecule has 166 valence electrons. The summed E-state index contributed by atoms with van der Waals surface area (Å²) in [5, 5.41) is 0. The zero-order chi connectivity index (χ0) is 21.4. The number of nitrogens with zero attached hydrogens (tertiary/aromatic N) is 5. The van der Waals surface area contributed by atoms with E-state index in [4.69, 9.17) is 15.2 Å². The topological polar surface area (TPSA) is 80.0 Å². The van der Waals surface area contributed by atoms with Crippen LogP contribution in [0, 0.1) is 0 Å². The Kier molecular flexibility index (Phi) is 5.35. The summed E-state index contributed by atoms with van der Waals surface area (Å²) >= 11 is 0. The molecule has 1 aromatic heterocycles. The molecular weight excluding hydrogens is 392 g/mol. The molecule has 2 N–H and O–H groups in total. The third-order valence-corrected chi connectivity index (χ3v) is 6.99. The highest BCUT2D eigenvalue weighted by Gasteiger charge is 2.41. The number of nitrogen functional groups attached to an aromatic ring is 1. The number of aromatic nitrogens is 2. The van der Waals surface area contributed by atoms with E-state index in [0.717, 1.165) is 82.5 Å². The van der Waals surface area contributed by atoms with Crippen LogP contribution in [0.4, 0.5) is 17.6 Å². The fourth-order valence-corrected chi connectivity index (χ4v) is 5.09. The van der Waals surface area contributed by atoms with Crippen LogP contribution in [0.15, 0.2) is 24.3 Å². The molecule has 0 saturated carbocycles. The summed E-state index contributed by atoms with van der Waals surface area (Å²) in [7, 11) is 3.88. The minimum absolute atomic E-state index is 0.213. The average molecular weight is 425 g/mol. The largest absolute Gasteiger partial charge is 0.497 e. The van der Waals surface area contributed by atoms with E-state index in [0.29, 0.717) is 5.95 Å². The first-order valence-electron chi connectivity index (χ1n) is 11.2. The Morgan fingerprint density at radius 2 is 1.65 bits per heavy atom. The Morgan fingerprint density at radius 3 is 2.32 bits per heavy atom. The molecule has 1 spiro atoms. The van der Waals surface area contributed by atoms with Gasteiger partial charge in [0.05, 0.1) is 19.3 Å². The summed E-state index contributed by atoms with van der Waals surface area (Å²) in [6, 6.07) is 8.51. The number of methoxy groups -OCH3 is 1. The average Bonchev–Trinajstić information content (AvgIpc) is 2.79. The van der Waals surface area contributed by atoms with Crippen LogP contribution in [-0.2, 0) is 16.8 Å². The lowest BCUT2D eigenvalue weighted by atomic mass is 9.79. The molecule has 8 nitrogen and oxygen atoms in total. The Bertz CT molecular complexity index is 936. The zero-order valence-electron chi connectivity index (χ0n) is 18.5. The van der Waals surface area contributed by atoms with Gasteiger partial charge in [-0.3, -0.25) is 0 Å². The lowest BCUT2D eigenvalue weighted by molar-refractivity contribution is -0.0767. The molecule has 2 saturated heterocycles. The van der Waals surface area contributed by atoms with Gasteiger partial charge in [0, 0.05) is 45.3 Å². The normalized spacial score (nSPS) is 21.2. The highest BCUT2D eigenvalue weighted by atomic mass is 16.5. The monoisotopic (exact) mass is 424 g/mol. The van der Waals surface area contributed by atoms with Gasteiger partial charge in [0.2, 0.25) is 5.95 Å². The number of nitrogens with two attached hydrogens (primary N) is 1.